The molecule has 19 rings (SSSR count). The van der Waals surface area contributed by atoms with Gasteiger partial charge in [-0.2, -0.15) is 0 Å². The second-order valence-electron chi connectivity index (χ2n) is 28.0. The maximum Gasteiger partial charge on any atom is 0.0462 e. The Morgan fingerprint density at radius 1 is 0.148 bits per heavy atom. The van der Waals surface area contributed by atoms with Gasteiger partial charge in [-0.1, -0.05) is 218 Å². The van der Waals surface area contributed by atoms with Crippen LogP contribution in [0.1, 0.15) is 66.8 Å². The highest BCUT2D eigenvalue weighted by molar-refractivity contribution is 5.90. The van der Waals surface area contributed by atoms with E-state index in [2.05, 4.69) is 432 Å². The fourth-order valence-electron chi connectivity index (χ4n) is 15.9. The molecule has 0 spiro atoms. The summed E-state index contributed by atoms with van der Waals surface area (Å²) in [5, 5.41) is 0. The van der Waals surface area contributed by atoms with Crippen molar-refractivity contribution < 1.29 is 0 Å². The van der Waals surface area contributed by atoms with Gasteiger partial charge in [0.25, 0.3) is 0 Å². The zero-order valence-electron chi connectivity index (χ0n) is 59.3. The van der Waals surface area contributed by atoms with Gasteiger partial charge < -0.3 is 14.7 Å². The first-order chi connectivity index (χ1) is 53.4. The number of hydrogen-bond acceptors (Lipinski definition) is 3. The molecule has 3 aliphatic rings. The third-order valence-corrected chi connectivity index (χ3v) is 21.1. The van der Waals surface area contributed by atoms with Gasteiger partial charge in [-0.15, -0.1) is 0 Å². The van der Waals surface area contributed by atoms with Crippen LogP contribution >= 0.6 is 0 Å². The van der Waals surface area contributed by atoms with Crippen LogP contribution in [-0.4, -0.2) is 0 Å². The first-order valence-electron chi connectivity index (χ1n) is 37.0. The molecule has 0 saturated heterocycles. The smallest absolute Gasteiger partial charge is 0.0462 e. The highest BCUT2D eigenvalue weighted by atomic mass is 15.2. The maximum atomic E-state index is 3.52. The van der Waals surface area contributed by atoms with E-state index in [1.54, 1.807) is 0 Å². The van der Waals surface area contributed by atoms with Crippen LogP contribution in [0, 0.1) is 35.5 Å². The van der Waals surface area contributed by atoms with E-state index in [4.69, 9.17) is 0 Å². The minimum absolute atomic E-state index is 0.841. The first kappa shape index (κ1) is 64.4. The molecule has 3 nitrogen and oxygen atoms in total. The van der Waals surface area contributed by atoms with Gasteiger partial charge in [0.05, 0.1) is 0 Å². The molecule has 0 aromatic heterocycles. The fourth-order valence-corrected chi connectivity index (χ4v) is 15.9. The van der Waals surface area contributed by atoms with Crippen LogP contribution < -0.4 is 14.7 Å². The number of rotatable bonds is 12. The van der Waals surface area contributed by atoms with E-state index in [9.17, 15) is 0 Å². The minimum Gasteiger partial charge on any atom is -0.311 e. The van der Waals surface area contributed by atoms with Gasteiger partial charge in [-0.05, 0) is 320 Å². The van der Waals surface area contributed by atoms with Crippen LogP contribution in [0.3, 0.4) is 0 Å². The van der Waals surface area contributed by atoms with E-state index >= 15 is 0 Å². The van der Waals surface area contributed by atoms with Crippen LogP contribution in [0.2, 0.25) is 0 Å². The van der Waals surface area contributed by atoms with Crippen molar-refractivity contribution in [1.82, 2.24) is 0 Å². The molecular formula is C105H69N3. The molecule has 3 aliphatic carbocycles. The SMILES string of the molecule is C(#Cc1ccc2c(c1)Cc1cc(-c3cc(-c4ccc5c(c4)Cc4cc(C#Cc6ccc(N(c7ccccc7)c7ccccc7)cc6)ccc4-5)cc(-c4ccc5c(c4)Cc4cc(C#Cc6ccc(N(c7ccccc7)c7ccccc7)cc6)ccc4-5)c3)ccc1-2)c1ccc(N(c2ccccc2)c2ccccc2)cc1. The van der Waals surface area contributed by atoms with Crippen molar-refractivity contribution in [3.8, 4) is 102 Å². The van der Waals surface area contributed by atoms with Crippen molar-refractivity contribution in [2.24, 2.45) is 0 Å². The van der Waals surface area contributed by atoms with E-state index < -0.39 is 0 Å². The van der Waals surface area contributed by atoms with Gasteiger partial charge >= 0.3 is 0 Å². The molecule has 0 fully saturated rings. The lowest BCUT2D eigenvalue weighted by molar-refractivity contribution is 1.26. The number of nitrogens with zero attached hydrogens (tertiary/aromatic N) is 3. The third kappa shape index (κ3) is 13.0. The Balaban J connectivity index is 0.601. The number of hydrogen-bond donors (Lipinski definition) is 0. The highest BCUT2D eigenvalue weighted by Crippen LogP contribution is 2.46. The van der Waals surface area contributed by atoms with Crippen LogP contribution in [0.4, 0.5) is 51.2 Å². The largest absolute Gasteiger partial charge is 0.311 e. The molecule has 0 radical (unpaired) electrons. The lowest BCUT2D eigenvalue weighted by Gasteiger charge is -2.25. The van der Waals surface area contributed by atoms with Crippen molar-refractivity contribution in [2.75, 3.05) is 14.7 Å². The Morgan fingerprint density at radius 2 is 0.333 bits per heavy atom. The predicted octanol–water partition coefficient (Wildman–Crippen LogP) is 26.0. The van der Waals surface area contributed by atoms with Gasteiger partial charge in [-0.25, -0.2) is 0 Å². The summed E-state index contributed by atoms with van der Waals surface area (Å²) in [6, 6.07) is 138. The molecule has 3 heteroatoms. The molecule has 0 atom stereocenters. The fraction of sp³-hybridized carbons (Fsp3) is 0.0286. The number of anilines is 9. The lowest BCUT2D eigenvalue weighted by atomic mass is 9.90. The van der Waals surface area contributed by atoms with Crippen molar-refractivity contribution in [3.63, 3.8) is 0 Å². The number of para-hydroxylation sites is 6. The summed E-state index contributed by atoms with van der Waals surface area (Å²) in [5.41, 5.74) is 38.6. The Bertz CT molecular complexity index is 5550. The van der Waals surface area contributed by atoms with Gasteiger partial charge in [0.15, 0.2) is 0 Å². The van der Waals surface area contributed by atoms with Gasteiger partial charge in [0.1, 0.15) is 0 Å². The molecule has 0 amide bonds. The van der Waals surface area contributed by atoms with Crippen molar-refractivity contribution >= 4 is 51.2 Å². The van der Waals surface area contributed by atoms with Crippen LogP contribution in [0.15, 0.2) is 382 Å². The summed E-state index contributed by atoms with van der Waals surface area (Å²) >= 11 is 0. The molecule has 108 heavy (non-hydrogen) atoms. The Morgan fingerprint density at radius 3 is 0.565 bits per heavy atom. The molecular weight excluding hydrogens is 1300 g/mol. The Kier molecular flexibility index (Phi) is 16.9. The zero-order chi connectivity index (χ0) is 71.7. The number of benzene rings is 16. The minimum atomic E-state index is 0.841. The van der Waals surface area contributed by atoms with E-state index in [0.717, 1.165) is 104 Å². The Hall–Kier alpha value is -14.4. The lowest BCUT2D eigenvalue weighted by Crippen LogP contribution is -2.09. The zero-order valence-corrected chi connectivity index (χ0v) is 59.3. The van der Waals surface area contributed by atoms with Crippen LogP contribution in [0.5, 0.6) is 0 Å². The van der Waals surface area contributed by atoms with Crippen LogP contribution in [0.25, 0.3) is 66.8 Å². The number of fused-ring (bicyclic) bond motifs is 9. The van der Waals surface area contributed by atoms with E-state index in [1.165, 1.54) is 100 Å². The summed E-state index contributed by atoms with van der Waals surface area (Å²) in [5.74, 6) is 21.0. The molecule has 0 bridgehead atoms. The van der Waals surface area contributed by atoms with E-state index in [0.29, 0.717) is 0 Å². The first-order valence-corrected chi connectivity index (χ1v) is 37.0. The Labute approximate surface area is 632 Å². The molecule has 0 heterocycles. The second-order valence-corrected chi connectivity index (χ2v) is 28.0. The summed E-state index contributed by atoms with van der Waals surface area (Å²) in [4.78, 5) is 6.83. The standard InChI is InChI=1S/C105H69N3/c1-7-19-91(20-8-1)106(92-21-9-2-10-22-92)97-49-37-73(38-50-97)31-34-76-43-55-100-85(61-76)70-88-64-79(46-58-103(88)100)82-67-83(80-47-59-104-89(65-80)71-86-62-77(44-56-101(86)104)35-32-74-39-51-98(52-40-74)107(93-23-11-3-12-24-93)94-25-13-4-14-26-94)69-84(68-82)81-48-60-105-90(66-81)72-87-63-78(45-57-102(87)105)36-33-75-41-53-99(54-42-75)108(95-27-15-5-16-28-95)96-29-17-6-18-30-96/h1-30,37-69H,70-72H2. The molecule has 16 aromatic carbocycles. The van der Waals surface area contributed by atoms with Crippen molar-refractivity contribution in [1.29, 1.82) is 0 Å². The topological polar surface area (TPSA) is 9.72 Å². The van der Waals surface area contributed by atoms with Gasteiger partial charge in [0, 0.05) is 84.6 Å². The maximum absolute atomic E-state index is 3.52. The quantitative estimate of drug-likeness (QED) is 0.113. The predicted molar refractivity (Wildman–Crippen MR) is 449 cm³/mol. The molecule has 0 aliphatic heterocycles. The monoisotopic (exact) mass is 1370 g/mol. The summed E-state index contributed by atoms with van der Waals surface area (Å²) in [6.45, 7) is 0. The summed E-state index contributed by atoms with van der Waals surface area (Å²) in [6.07, 6.45) is 2.52. The summed E-state index contributed by atoms with van der Waals surface area (Å²) < 4.78 is 0. The van der Waals surface area contributed by atoms with Crippen molar-refractivity contribution in [2.45, 2.75) is 19.3 Å². The van der Waals surface area contributed by atoms with Gasteiger partial charge in [0.2, 0.25) is 0 Å². The average molecular weight is 1370 g/mol. The molecule has 16 aromatic rings. The average Bonchev–Trinajstić information content (AvgIpc) is 1.58. The summed E-state index contributed by atoms with van der Waals surface area (Å²) in [7, 11) is 0. The normalized spacial score (nSPS) is 11.6. The molecule has 504 valence electrons. The molecule has 0 N–H and O–H groups in total. The van der Waals surface area contributed by atoms with E-state index in [1.807, 2.05) is 0 Å². The molecule has 0 saturated carbocycles. The van der Waals surface area contributed by atoms with Gasteiger partial charge in [-0.3, -0.25) is 0 Å². The molecule has 0 unspecified atom stereocenters. The van der Waals surface area contributed by atoms with Crippen LogP contribution in [-0.2, 0) is 19.3 Å². The van der Waals surface area contributed by atoms with Crippen molar-refractivity contribution in [3.05, 3.63) is 449 Å². The van der Waals surface area contributed by atoms with E-state index in [-0.39, 0.29) is 0 Å². The third-order valence-electron chi connectivity index (χ3n) is 21.1. The second kappa shape index (κ2) is 28.3. The highest BCUT2D eigenvalue weighted by Gasteiger charge is 2.25.